The summed E-state index contributed by atoms with van der Waals surface area (Å²) in [5.41, 5.74) is 7.18. The summed E-state index contributed by atoms with van der Waals surface area (Å²) < 4.78 is 0. The van der Waals surface area contributed by atoms with E-state index in [1.165, 1.54) is 48.9 Å². The number of carbonyl (C=O) groups excluding carboxylic acids is 3. The van der Waals surface area contributed by atoms with Crippen molar-refractivity contribution in [3.8, 4) is 11.5 Å². The van der Waals surface area contributed by atoms with E-state index in [0.717, 1.165) is 0 Å². The Hall–Kier alpha value is -4.95. The maximum atomic E-state index is 13.5. The van der Waals surface area contributed by atoms with Gasteiger partial charge in [-0.15, -0.1) is 0 Å². The second-order valence-electron chi connectivity index (χ2n) is 9.33. The molecule has 0 aliphatic rings. The molecule has 4 unspecified atom stereocenters. The highest BCUT2D eigenvalue weighted by Crippen LogP contribution is 2.14. The van der Waals surface area contributed by atoms with Crippen LogP contribution in [0.25, 0.3) is 0 Å². The Balaban J connectivity index is 1.85. The van der Waals surface area contributed by atoms with E-state index in [1.54, 1.807) is 12.1 Å². The van der Waals surface area contributed by atoms with Crippen LogP contribution < -0.4 is 21.7 Å². The molecule has 0 aliphatic heterocycles. The number of aromatic nitrogens is 2. The van der Waals surface area contributed by atoms with Crippen LogP contribution in [0.2, 0.25) is 0 Å². The quantitative estimate of drug-likeness (QED) is 0.111. The number of aromatic hydroxyl groups is 2. The Morgan fingerprint density at radius 3 is 1.63 bits per heavy atom. The lowest BCUT2D eigenvalue weighted by Crippen LogP contribution is -2.58. The third-order valence-corrected chi connectivity index (χ3v) is 6.15. The van der Waals surface area contributed by atoms with Crippen molar-refractivity contribution in [2.45, 2.75) is 43.4 Å². The maximum absolute atomic E-state index is 13.5. The number of amides is 3. The number of rotatable bonds is 14. The fourth-order valence-corrected chi connectivity index (χ4v) is 3.88. The molecule has 0 radical (unpaired) electrons. The Morgan fingerprint density at radius 1 is 0.756 bits per heavy atom. The second-order valence-corrected chi connectivity index (χ2v) is 9.33. The molecule has 10 N–H and O–H groups in total. The second kappa shape index (κ2) is 14.4. The number of nitrogens with one attached hydrogen (secondary N) is 4. The van der Waals surface area contributed by atoms with Gasteiger partial charge in [0.25, 0.3) is 0 Å². The van der Waals surface area contributed by atoms with Crippen LogP contribution in [0.5, 0.6) is 11.5 Å². The highest BCUT2D eigenvalue weighted by Gasteiger charge is 2.31. The molecule has 0 spiro atoms. The van der Waals surface area contributed by atoms with Crippen LogP contribution >= 0.6 is 0 Å². The zero-order chi connectivity index (χ0) is 29.9. The zero-order valence-electron chi connectivity index (χ0n) is 21.9. The van der Waals surface area contributed by atoms with Crippen LogP contribution in [-0.4, -0.2) is 84.9 Å². The standard InChI is InChI=1S/C27H32N6O8/c28-20(13-34)24(37)31-21(9-15-1-5-18(35)6-2-15)25(38)32-22(10-16-3-7-19(36)8-4-16)26(39)33-23(27(40)41)11-17-12-29-14-30-17/h1-8,12,14,20-23,34-36H,9-11,13,28H2,(H,29,30)(H,31,37)(H,32,38)(H,33,39)(H,40,41). The summed E-state index contributed by atoms with van der Waals surface area (Å²) in [6.45, 7) is -0.668. The van der Waals surface area contributed by atoms with E-state index in [1.807, 2.05) is 0 Å². The molecule has 0 bridgehead atoms. The first-order valence-corrected chi connectivity index (χ1v) is 12.6. The van der Waals surface area contributed by atoms with E-state index in [9.17, 15) is 39.6 Å². The molecular weight excluding hydrogens is 536 g/mol. The SMILES string of the molecule is NC(CO)C(=O)NC(Cc1ccc(O)cc1)C(=O)NC(Cc1ccc(O)cc1)C(=O)NC(Cc1cnc[nH]1)C(=O)O. The largest absolute Gasteiger partial charge is 0.508 e. The first-order valence-electron chi connectivity index (χ1n) is 12.6. The van der Waals surface area contributed by atoms with Gasteiger partial charge in [-0.05, 0) is 35.4 Å². The lowest BCUT2D eigenvalue weighted by molar-refractivity contribution is -0.142. The fraction of sp³-hybridized carbons (Fsp3) is 0.296. The van der Waals surface area contributed by atoms with Gasteiger partial charge in [-0.2, -0.15) is 0 Å². The summed E-state index contributed by atoms with van der Waals surface area (Å²) in [5.74, 6) is -3.72. The van der Waals surface area contributed by atoms with Gasteiger partial charge in [0.05, 0.1) is 12.9 Å². The summed E-state index contributed by atoms with van der Waals surface area (Å²) >= 11 is 0. The Kier molecular flexibility index (Phi) is 10.8. The topological polar surface area (TPSA) is 240 Å². The van der Waals surface area contributed by atoms with E-state index >= 15 is 0 Å². The molecular formula is C27H32N6O8. The average Bonchev–Trinajstić information content (AvgIpc) is 3.46. The minimum atomic E-state index is -1.35. The minimum Gasteiger partial charge on any atom is -0.508 e. The van der Waals surface area contributed by atoms with Gasteiger partial charge in [-0.1, -0.05) is 24.3 Å². The van der Waals surface area contributed by atoms with Crippen molar-refractivity contribution >= 4 is 23.7 Å². The van der Waals surface area contributed by atoms with Gasteiger partial charge in [-0.3, -0.25) is 14.4 Å². The summed E-state index contributed by atoms with van der Waals surface area (Å²) in [5, 5.41) is 45.6. The predicted octanol–water partition coefficient (Wildman–Crippen LogP) is -1.29. The molecule has 0 aliphatic carbocycles. The van der Waals surface area contributed by atoms with Gasteiger partial charge in [0.2, 0.25) is 17.7 Å². The van der Waals surface area contributed by atoms with Crippen molar-refractivity contribution < 1.29 is 39.6 Å². The Bertz CT molecular complexity index is 1310. The number of hydrogen-bond donors (Lipinski definition) is 9. The normalized spacial score (nSPS) is 13.8. The number of aliphatic hydroxyl groups is 1. The van der Waals surface area contributed by atoms with Gasteiger partial charge < -0.3 is 47.1 Å². The van der Waals surface area contributed by atoms with Crippen molar-refractivity contribution in [2.75, 3.05) is 6.61 Å². The molecule has 3 aromatic rings. The first-order chi connectivity index (χ1) is 19.5. The number of phenolic OH excluding ortho intramolecular Hbond substituents is 2. The number of aromatic amines is 1. The third kappa shape index (κ3) is 9.33. The molecule has 0 saturated heterocycles. The number of aliphatic carboxylic acids is 1. The van der Waals surface area contributed by atoms with Crippen LogP contribution in [0.4, 0.5) is 0 Å². The zero-order valence-corrected chi connectivity index (χ0v) is 21.9. The van der Waals surface area contributed by atoms with Crippen molar-refractivity contribution in [3.63, 3.8) is 0 Å². The number of phenols is 2. The molecule has 0 fully saturated rings. The molecule has 4 atom stereocenters. The number of hydrogen-bond acceptors (Lipinski definition) is 9. The van der Waals surface area contributed by atoms with Gasteiger partial charge in [0.15, 0.2) is 0 Å². The van der Waals surface area contributed by atoms with Crippen LogP contribution in [0.15, 0.2) is 61.1 Å². The van der Waals surface area contributed by atoms with Crippen LogP contribution in [0.1, 0.15) is 16.8 Å². The number of carboxylic acids is 1. The molecule has 3 rings (SSSR count). The number of carboxylic acid groups (broad SMARTS) is 1. The monoisotopic (exact) mass is 568 g/mol. The van der Waals surface area contributed by atoms with Crippen molar-refractivity contribution in [3.05, 3.63) is 77.9 Å². The lowest BCUT2D eigenvalue weighted by Gasteiger charge is -2.25. The third-order valence-electron chi connectivity index (χ3n) is 6.15. The smallest absolute Gasteiger partial charge is 0.326 e. The molecule has 41 heavy (non-hydrogen) atoms. The van der Waals surface area contributed by atoms with E-state index < -0.39 is 54.5 Å². The van der Waals surface area contributed by atoms with E-state index in [4.69, 9.17) is 5.73 Å². The molecule has 1 aromatic heterocycles. The number of nitrogens with two attached hydrogens (primary N) is 1. The van der Waals surface area contributed by atoms with Crippen molar-refractivity contribution in [2.24, 2.45) is 5.73 Å². The van der Waals surface area contributed by atoms with Gasteiger partial charge in [0, 0.05) is 31.2 Å². The van der Waals surface area contributed by atoms with Gasteiger partial charge >= 0.3 is 5.97 Å². The summed E-state index contributed by atoms with van der Waals surface area (Å²) in [4.78, 5) is 57.8. The maximum Gasteiger partial charge on any atom is 0.326 e. The highest BCUT2D eigenvalue weighted by atomic mass is 16.4. The molecule has 218 valence electrons. The van der Waals surface area contributed by atoms with Crippen molar-refractivity contribution in [1.82, 2.24) is 25.9 Å². The summed E-state index contributed by atoms with van der Waals surface area (Å²) in [6.07, 6.45) is 2.56. The number of carbonyl (C=O) groups is 4. The van der Waals surface area contributed by atoms with E-state index in [-0.39, 0.29) is 30.8 Å². The predicted molar refractivity (Wildman–Crippen MR) is 144 cm³/mol. The molecule has 14 nitrogen and oxygen atoms in total. The van der Waals surface area contributed by atoms with Crippen molar-refractivity contribution in [1.29, 1.82) is 0 Å². The molecule has 2 aromatic carbocycles. The Labute approximate surface area is 234 Å². The highest BCUT2D eigenvalue weighted by molar-refractivity contribution is 5.94. The number of H-pyrrole nitrogens is 1. The molecule has 1 heterocycles. The number of imidazole rings is 1. The first kappa shape index (κ1) is 30.6. The number of benzene rings is 2. The van der Waals surface area contributed by atoms with Crippen LogP contribution in [0, 0.1) is 0 Å². The lowest BCUT2D eigenvalue weighted by atomic mass is 10.0. The molecule has 0 saturated carbocycles. The van der Waals surface area contributed by atoms with Crippen LogP contribution in [-0.2, 0) is 38.4 Å². The molecule has 3 amide bonds. The van der Waals surface area contributed by atoms with Crippen LogP contribution in [0.3, 0.4) is 0 Å². The summed E-state index contributed by atoms with van der Waals surface area (Å²) in [6, 6.07) is 6.56. The number of nitrogens with zero attached hydrogens (tertiary/aromatic N) is 1. The molecule has 14 heteroatoms. The number of aliphatic hydroxyl groups excluding tert-OH is 1. The minimum absolute atomic E-state index is 0.00478. The fourth-order valence-electron chi connectivity index (χ4n) is 3.88. The Morgan fingerprint density at radius 2 is 1.22 bits per heavy atom. The van der Waals surface area contributed by atoms with E-state index in [0.29, 0.717) is 16.8 Å². The van der Waals surface area contributed by atoms with E-state index in [2.05, 4.69) is 25.9 Å². The van der Waals surface area contributed by atoms with Gasteiger partial charge in [0.1, 0.15) is 35.7 Å². The summed E-state index contributed by atoms with van der Waals surface area (Å²) in [7, 11) is 0. The van der Waals surface area contributed by atoms with Gasteiger partial charge in [-0.25, -0.2) is 9.78 Å². The average molecular weight is 569 g/mol.